The van der Waals surface area contributed by atoms with E-state index >= 15 is 0 Å². The minimum atomic E-state index is 0.489. The Morgan fingerprint density at radius 2 is 2.00 bits per heavy atom. The fraction of sp³-hybridized carbons (Fsp3) is 0.312. The number of pyridine rings is 1. The topological polar surface area (TPSA) is 16.1 Å². The fourth-order valence-electron chi connectivity index (χ4n) is 2.81. The average Bonchev–Trinajstić information content (AvgIpc) is 2.43. The van der Waals surface area contributed by atoms with Gasteiger partial charge in [-0.25, -0.2) is 4.98 Å². The van der Waals surface area contributed by atoms with Crippen LogP contribution in [-0.2, 0) is 13.0 Å². The van der Waals surface area contributed by atoms with Crippen LogP contribution >= 0.6 is 23.2 Å². The third-order valence-corrected chi connectivity index (χ3v) is 4.21. The maximum atomic E-state index is 6.23. The van der Waals surface area contributed by atoms with Gasteiger partial charge in [-0.05, 0) is 36.1 Å². The third kappa shape index (κ3) is 2.77. The zero-order chi connectivity index (χ0) is 14.1. The number of rotatable bonds is 2. The van der Waals surface area contributed by atoms with Gasteiger partial charge in [-0.3, -0.25) is 0 Å². The maximum Gasteiger partial charge on any atom is 0.129 e. The van der Waals surface area contributed by atoms with E-state index in [1.165, 1.54) is 11.3 Å². The first-order chi connectivity index (χ1) is 9.63. The molecule has 20 heavy (non-hydrogen) atoms. The van der Waals surface area contributed by atoms with Crippen molar-refractivity contribution in [2.75, 3.05) is 11.4 Å². The number of para-hydroxylation sites is 1. The van der Waals surface area contributed by atoms with E-state index < -0.39 is 0 Å². The Kier molecular flexibility index (Phi) is 3.86. The summed E-state index contributed by atoms with van der Waals surface area (Å²) in [5, 5.41) is 1.16. The van der Waals surface area contributed by atoms with E-state index in [1.807, 2.05) is 6.07 Å². The lowest BCUT2D eigenvalue weighted by Gasteiger charge is -2.34. The first-order valence-electron chi connectivity index (χ1n) is 6.77. The van der Waals surface area contributed by atoms with Gasteiger partial charge < -0.3 is 4.90 Å². The quantitative estimate of drug-likeness (QED) is 0.755. The maximum absolute atomic E-state index is 6.23. The number of nitrogens with zero attached hydrogens (tertiary/aromatic N) is 2. The number of aromatic nitrogens is 1. The molecule has 0 saturated heterocycles. The highest BCUT2D eigenvalue weighted by Gasteiger charge is 2.22. The van der Waals surface area contributed by atoms with Crippen LogP contribution in [0.15, 0.2) is 36.4 Å². The molecule has 104 valence electrons. The molecule has 0 aliphatic carbocycles. The van der Waals surface area contributed by atoms with Crippen LogP contribution in [0, 0.1) is 5.92 Å². The van der Waals surface area contributed by atoms with Crippen LogP contribution in [0.2, 0.25) is 10.2 Å². The Morgan fingerprint density at radius 3 is 2.85 bits per heavy atom. The monoisotopic (exact) mass is 306 g/mol. The molecular weight excluding hydrogens is 291 g/mol. The van der Waals surface area contributed by atoms with Gasteiger partial charge in [-0.2, -0.15) is 0 Å². The zero-order valence-electron chi connectivity index (χ0n) is 11.3. The van der Waals surface area contributed by atoms with Crippen molar-refractivity contribution in [1.29, 1.82) is 0 Å². The Labute approximate surface area is 129 Å². The molecule has 0 bridgehead atoms. The predicted molar refractivity (Wildman–Crippen MR) is 84.6 cm³/mol. The summed E-state index contributed by atoms with van der Waals surface area (Å²) in [6, 6.07) is 12.1. The molecule has 0 spiro atoms. The number of hydrogen-bond acceptors (Lipinski definition) is 2. The first kappa shape index (κ1) is 13.7. The molecule has 2 heterocycles. The Balaban J connectivity index is 1.93. The fourth-order valence-corrected chi connectivity index (χ4v) is 3.14. The second kappa shape index (κ2) is 5.63. The second-order valence-electron chi connectivity index (χ2n) is 5.38. The first-order valence-corrected chi connectivity index (χ1v) is 7.53. The molecule has 0 N–H and O–H groups in total. The van der Waals surface area contributed by atoms with Gasteiger partial charge in [0.15, 0.2) is 0 Å². The van der Waals surface area contributed by atoms with Crippen LogP contribution < -0.4 is 4.90 Å². The lowest BCUT2D eigenvalue weighted by atomic mass is 9.94. The zero-order valence-corrected chi connectivity index (χ0v) is 12.8. The van der Waals surface area contributed by atoms with Gasteiger partial charge in [0.1, 0.15) is 5.15 Å². The van der Waals surface area contributed by atoms with Crippen molar-refractivity contribution in [3.63, 3.8) is 0 Å². The second-order valence-corrected chi connectivity index (χ2v) is 6.18. The summed E-state index contributed by atoms with van der Waals surface area (Å²) in [7, 11) is 0. The van der Waals surface area contributed by atoms with Crippen molar-refractivity contribution < 1.29 is 0 Å². The molecule has 1 aromatic carbocycles. The number of fused-ring (bicyclic) bond motifs is 1. The van der Waals surface area contributed by atoms with E-state index in [0.717, 1.165) is 18.7 Å². The molecule has 3 rings (SSSR count). The largest absolute Gasteiger partial charge is 0.365 e. The molecule has 1 atom stereocenters. The van der Waals surface area contributed by atoms with Crippen LogP contribution in [0.3, 0.4) is 0 Å². The normalized spacial score (nSPS) is 17.9. The van der Waals surface area contributed by atoms with E-state index in [1.54, 1.807) is 6.07 Å². The molecule has 2 aromatic rings. The summed E-state index contributed by atoms with van der Waals surface area (Å²) in [6.07, 6.45) is 1.13. The van der Waals surface area contributed by atoms with Crippen LogP contribution in [0.5, 0.6) is 0 Å². The van der Waals surface area contributed by atoms with Crippen LogP contribution in [0.1, 0.15) is 18.2 Å². The summed E-state index contributed by atoms with van der Waals surface area (Å²) in [5.41, 5.74) is 3.51. The molecule has 0 amide bonds. The molecule has 1 aliphatic heterocycles. The summed E-state index contributed by atoms with van der Waals surface area (Å²) in [4.78, 5) is 6.70. The summed E-state index contributed by atoms with van der Waals surface area (Å²) >= 11 is 12.2. The lowest BCUT2D eigenvalue weighted by molar-refractivity contribution is 0.528. The van der Waals surface area contributed by atoms with Crippen LogP contribution in [-0.4, -0.2) is 11.5 Å². The van der Waals surface area contributed by atoms with Crippen molar-refractivity contribution in [2.24, 2.45) is 5.92 Å². The average molecular weight is 307 g/mol. The van der Waals surface area contributed by atoms with E-state index in [9.17, 15) is 0 Å². The molecule has 0 radical (unpaired) electrons. The molecule has 1 aromatic heterocycles. The van der Waals surface area contributed by atoms with Gasteiger partial charge in [-0.15, -0.1) is 0 Å². The molecule has 1 aliphatic rings. The molecule has 0 saturated carbocycles. The SMILES string of the molecule is CC1Cc2ccccc2N(Cc2nc(Cl)ccc2Cl)C1. The van der Waals surface area contributed by atoms with Gasteiger partial charge in [0, 0.05) is 12.2 Å². The molecule has 1 unspecified atom stereocenters. The minimum absolute atomic E-state index is 0.489. The number of benzene rings is 1. The van der Waals surface area contributed by atoms with E-state index in [0.29, 0.717) is 22.6 Å². The Hall–Kier alpha value is -1.25. The molecule has 0 fully saturated rings. The third-order valence-electron chi connectivity index (χ3n) is 3.66. The smallest absolute Gasteiger partial charge is 0.129 e. The highest BCUT2D eigenvalue weighted by molar-refractivity contribution is 6.32. The van der Waals surface area contributed by atoms with E-state index in [2.05, 4.69) is 41.1 Å². The van der Waals surface area contributed by atoms with Crippen molar-refractivity contribution in [3.05, 3.63) is 57.8 Å². The summed E-state index contributed by atoms with van der Waals surface area (Å²) in [6.45, 7) is 3.98. The lowest BCUT2D eigenvalue weighted by Crippen LogP contribution is -2.34. The molecule has 2 nitrogen and oxygen atoms in total. The molecular formula is C16H16Cl2N2. The summed E-state index contributed by atoms with van der Waals surface area (Å²) in [5.74, 6) is 0.628. The predicted octanol–water partition coefficient (Wildman–Crippen LogP) is 4.59. The van der Waals surface area contributed by atoms with Gasteiger partial charge >= 0.3 is 0 Å². The minimum Gasteiger partial charge on any atom is -0.365 e. The van der Waals surface area contributed by atoms with Crippen molar-refractivity contribution in [2.45, 2.75) is 19.9 Å². The van der Waals surface area contributed by atoms with Gasteiger partial charge in [0.25, 0.3) is 0 Å². The van der Waals surface area contributed by atoms with Gasteiger partial charge in [-0.1, -0.05) is 48.3 Å². The highest BCUT2D eigenvalue weighted by atomic mass is 35.5. The van der Waals surface area contributed by atoms with Crippen molar-refractivity contribution in [3.8, 4) is 0 Å². The number of halogens is 2. The van der Waals surface area contributed by atoms with Crippen LogP contribution in [0.4, 0.5) is 5.69 Å². The molecule has 4 heteroatoms. The van der Waals surface area contributed by atoms with E-state index in [4.69, 9.17) is 23.2 Å². The Bertz CT molecular complexity index is 628. The standard InChI is InChI=1S/C16H16Cl2N2/c1-11-8-12-4-2-3-5-15(12)20(9-11)10-14-13(17)6-7-16(18)19-14/h2-7,11H,8-10H2,1H3. The van der Waals surface area contributed by atoms with Gasteiger partial charge in [0.2, 0.25) is 0 Å². The van der Waals surface area contributed by atoms with Crippen molar-refractivity contribution in [1.82, 2.24) is 4.98 Å². The van der Waals surface area contributed by atoms with E-state index in [-0.39, 0.29) is 0 Å². The Morgan fingerprint density at radius 1 is 1.20 bits per heavy atom. The number of anilines is 1. The highest BCUT2D eigenvalue weighted by Crippen LogP contribution is 2.31. The van der Waals surface area contributed by atoms with Crippen molar-refractivity contribution >= 4 is 28.9 Å². The summed E-state index contributed by atoms with van der Waals surface area (Å²) < 4.78 is 0. The number of hydrogen-bond donors (Lipinski definition) is 0. The van der Waals surface area contributed by atoms with Crippen LogP contribution in [0.25, 0.3) is 0 Å². The van der Waals surface area contributed by atoms with Gasteiger partial charge in [0.05, 0.1) is 17.3 Å².